The van der Waals surface area contributed by atoms with Crippen molar-refractivity contribution >= 4 is 9.84 Å². The van der Waals surface area contributed by atoms with Crippen LogP contribution in [-0.2, 0) is 14.6 Å². The molecule has 0 unspecified atom stereocenters. The van der Waals surface area contributed by atoms with Gasteiger partial charge in [0.05, 0.1) is 19.0 Å². The molecule has 1 aliphatic carbocycles. The summed E-state index contributed by atoms with van der Waals surface area (Å²) in [5, 5.41) is 9.15. The van der Waals surface area contributed by atoms with Crippen molar-refractivity contribution in [2.24, 2.45) is 11.3 Å². The van der Waals surface area contributed by atoms with E-state index in [4.69, 9.17) is 9.84 Å². The lowest BCUT2D eigenvalue weighted by atomic mass is 10.1. The molecule has 0 radical (unpaired) electrons. The number of hydrogen-bond acceptors (Lipinski definition) is 4. The molecule has 84 valence electrons. The van der Waals surface area contributed by atoms with Crippen LogP contribution < -0.4 is 0 Å². The van der Waals surface area contributed by atoms with Crippen LogP contribution in [0, 0.1) is 11.3 Å². The zero-order valence-electron chi connectivity index (χ0n) is 8.69. The minimum atomic E-state index is -2.92. The van der Waals surface area contributed by atoms with Gasteiger partial charge in [0.2, 0.25) is 0 Å². The number of sulfone groups is 1. The summed E-state index contributed by atoms with van der Waals surface area (Å²) in [6, 6.07) is 0. The largest absolute Gasteiger partial charge is 0.396 e. The molecule has 2 atom stereocenters. The van der Waals surface area contributed by atoms with E-state index in [1.165, 1.54) is 0 Å². The van der Waals surface area contributed by atoms with E-state index in [2.05, 4.69) is 0 Å². The van der Waals surface area contributed by atoms with Crippen LogP contribution in [0.25, 0.3) is 0 Å². The summed E-state index contributed by atoms with van der Waals surface area (Å²) in [5.74, 6) is 0.447. The van der Waals surface area contributed by atoms with Crippen molar-refractivity contribution in [3.05, 3.63) is 0 Å². The molecular formula is C9H18O4S. The molecule has 0 bridgehead atoms. The van der Waals surface area contributed by atoms with Crippen molar-refractivity contribution in [1.29, 1.82) is 0 Å². The van der Waals surface area contributed by atoms with Crippen molar-refractivity contribution in [1.82, 2.24) is 0 Å². The Morgan fingerprint density at radius 3 is 2.64 bits per heavy atom. The molecular weight excluding hydrogens is 204 g/mol. The number of aliphatic hydroxyl groups is 1. The first-order valence-corrected chi connectivity index (χ1v) is 6.62. The Morgan fingerprint density at radius 1 is 1.57 bits per heavy atom. The summed E-state index contributed by atoms with van der Waals surface area (Å²) in [7, 11) is -1.35. The summed E-state index contributed by atoms with van der Waals surface area (Å²) >= 11 is 0. The number of rotatable bonds is 6. The van der Waals surface area contributed by atoms with Crippen molar-refractivity contribution in [2.45, 2.75) is 13.3 Å². The molecule has 1 rings (SSSR count). The Balaban J connectivity index is 2.52. The predicted octanol–water partition coefficient (Wildman–Crippen LogP) is 0.0661. The molecule has 5 heteroatoms. The third-order valence-electron chi connectivity index (χ3n) is 3.00. The van der Waals surface area contributed by atoms with Gasteiger partial charge in [-0.1, -0.05) is 6.92 Å². The van der Waals surface area contributed by atoms with Gasteiger partial charge in [-0.05, 0) is 12.3 Å². The van der Waals surface area contributed by atoms with Crippen LogP contribution in [0.1, 0.15) is 13.3 Å². The van der Waals surface area contributed by atoms with Crippen LogP contribution in [0.3, 0.4) is 0 Å². The molecule has 0 aromatic heterocycles. The van der Waals surface area contributed by atoms with E-state index in [-0.39, 0.29) is 29.4 Å². The summed E-state index contributed by atoms with van der Waals surface area (Å²) in [6.07, 6.45) is 0.760. The average Bonchev–Trinajstić information content (AvgIpc) is 2.79. The number of ether oxygens (including phenoxy) is 1. The molecule has 0 heterocycles. The van der Waals surface area contributed by atoms with Crippen molar-refractivity contribution in [3.8, 4) is 0 Å². The predicted molar refractivity (Wildman–Crippen MR) is 53.8 cm³/mol. The minimum Gasteiger partial charge on any atom is -0.396 e. The van der Waals surface area contributed by atoms with E-state index in [0.29, 0.717) is 6.61 Å². The number of hydrogen-bond donors (Lipinski definition) is 1. The first kappa shape index (κ1) is 11.9. The van der Waals surface area contributed by atoms with Gasteiger partial charge < -0.3 is 9.84 Å². The molecule has 0 aromatic carbocycles. The van der Waals surface area contributed by atoms with Gasteiger partial charge in [0.25, 0.3) is 0 Å². The van der Waals surface area contributed by atoms with E-state index in [0.717, 1.165) is 6.42 Å². The summed E-state index contributed by atoms with van der Waals surface area (Å²) < 4.78 is 27.7. The second-order valence-electron chi connectivity index (χ2n) is 4.05. The molecule has 4 nitrogen and oxygen atoms in total. The summed E-state index contributed by atoms with van der Waals surface area (Å²) in [5.41, 5.74) is -0.281. The Kier molecular flexibility index (Phi) is 3.55. The number of aliphatic hydroxyl groups excluding tert-OH is 1. The lowest BCUT2D eigenvalue weighted by Crippen LogP contribution is -2.21. The summed E-state index contributed by atoms with van der Waals surface area (Å²) in [4.78, 5) is 0. The van der Waals surface area contributed by atoms with Crippen molar-refractivity contribution in [2.75, 3.05) is 31.8 Å². The van der Waals surface area contributed by atoms with E-state index in [9.17, 15) is 8.42 Å². The molecule has 1 saturated carbocycles. The topological polar surface area (TPSA) is 63.6 Å². The molecule has 0 aromatic rings. The Hall–Kier alpha value is -0.130. The fourth-order valence-electron chi connectivity index (χ4n) is 1.80. The molecule has 14 heavy (non-hydrogen) atoms. The van der Waals surface area contributed by atoms with Gasteiger partial charge in [-0.15, -0.1) is 0 Å². The van der Waals surface area contributed by atoms with Crippen molar-refractivity contribution < 1.29 is 18.3 Å². The lowest BCUT2D eigenvalue weighted by Gasteiger charge is -2.12. The van der Waals surface area contributed by atoms with Gasteiger partial charge in [-0.25, -0.2) is 8.42 Å². The van der Waals surface area contributed by atoms with Gasteiger partial charge in [0, 0.05) is 18.3 Å². The van der Waals surface area contributed by atoms with Crippen LogP contribution in [0.15, 0.2) is 0 Å². The van der Waals surface area contributed by atoms with Gasteiger partial charge in [0.1, 0.15) is 9.84 Å². The van der Waals surface area contributed by atoms with Crippen LogP contribution >= 0.6 is 0 Å². The smallest absolute Gasteiger partial charge is 0.150 e. The van der Waals surface area contributed by atoms with E-state index in [1.807, 2.05) is 0 Å². The first-order valence-electron chi connectivity index (χ1n) is 4.80. The standard InChI is InChI=1S/C9H18O4S/c1-3-14(11,12)5-8-4-9(8,6-10)7-13-2/h8,10H,3-7H2,1-2H3/t8-,9-/m0/s1. The Labute approximate surface area is 85.2 Å². The highest BCUT2D eigenvalue weighted by atomic mass is 32.2. The SMILES string of the molecule is CCS(=O)(=O)C[C@@H]1C[C@]1(CO)COC. The van der Waals surface area contributed by atoms with E-state index >= 15 is 0 Å². The molecule has 0 spiro atoms. The quantitative estimate of drug-likeness (QED) is 0.690. The van der Waals surface area contributed by atoms with E-state index < -0.39 is 9.84 Å². The maximum Gasteiger partial charge on any atom is 0.150 e. The van der Waals surface area contributed by atoms with Crippen LogP contribution in [0.2, 0.25) is 0 Å². The summed E-state index contributed by atoms with van der Waals surface area (Å²) in [6.45, 7) is 2.12. The second kappa shape index (κ2) is 4.16. The Bertz CT molecular complexity index is 285. The molecule has 1 N–H and O–H groups in total. The molecule has 1 fully saturated rings. The lowest BCUT2D eigenvalue weighted by molar-refractivity contribution is 0.0879. The van der Waals surface area contributed by atoms with Crippen LogP contribution in [0.5, 0.6) is 0 Å². The highest BCUT2D eigenvalue weighted by Gasteiger charge is 2.54. The van der Waals surface area contributed by atoms with Crippen molar-refractivity contribution in [3.63, 3.8) is 0 Å². The van der Waals surface area contributed by atoms with Gasteiger partial charge in [-0.2, -0.15) is 0 Å². The Morgan fingerprint density at radius 2 is 2.21 bits per heavy atom. The molecule has 0 amide bonds. The highest BCUT2D eigenvalue weighted by Crippen LogP contribution is 2.52. The normalized spacial score (nSPS) is 31.8. The fourth-order valence-corrected chi connectivity index (χ4v) is 3.12. The fraction of sp³-hybridized carbons (Fsp3) is 1.00. The maximum atomic E-state index is 11.3. The molecule has 0 aliphatic heterocycles. The average molecular weight is 222 g/mol. The molecule has 1 aliphatic rings. The van der Waals surface area contributed by atoms with Crippen LogP contribution in [-0.4, -0.2) is 45.4 Å². The second-order valence-corrected chi connectivity index (χ2v) is 6.45. The highest BCUT2D eigenvalue weighted by molar-refractivity contribution is 7.91. The maximum absolute atomic E-state index is 11.3. The third-order valence-corrected chi connectivity index (χ3v) is 4.79. The zero-order chi connectivity index (χ0) is 10.8. The number of methoxy groups -OCH3 is 1. The van der Waals surface area contributed by atoms with Gasteiger partial charge in [-0.3, -0.25) is 0 Å². The monoisotopic (exact) mass is 222 g/mol. The first-order chi connectivity index (χ1) is 6.49. The van der Waals surface area contributed by atoms with Gasteiger partial charge >= 0.3 is 0 Å². The zero-order valence-corrected chi connectivity index (χ0v) is 9.51. The minimum absolute atomic E-state index is 0.0186. The van der Waals surface area contributed by atoms with E-state index in [1.54, 1.807) is 14.0 Å². The third kappa shape index (κ3) is 2.46. The van der Waals surface area contributed by atoms with Gasteiger partial charge in [0.15, 0.2) is 0 Å². The molecule has 0 saturated heterocycles. The van der Waals surface area contributed by atoms with Crippen LogP contribution in [0.4, 0.5) is 0 Å².